The number of aromatic nitrogens is 2. The SMILES string of the molecule is COC(=O)C1(C(=O)OC)CC1c1c(-c2ccccc2)n[nH]c1-c1ccc(Cl)cc1. The molecule has 6 nitrogen and oxygen atoms in total. The Morgan fingerprint density at radius 3 is 2.21 bits per heavy atom. The molecule has 29 heavy (non-hydrogen) atoms. The molecule has 1 N–H and O–H groups in total. The Bertz CT molecular complexity index is 1040. The van der Waals surface area contributed by atoms with E-state index in [0.717, 1.165) is 22.4 Å². The fourth-order valence-corrected chi connectivity index (χ4v) is 3.98. The first kappa shape index (κ1) is 19.2. The Kier molecular flexibility index (Phi) is 4.88. The zero-order valence-electron chi connectivity index (χ0n) is 15.9. The highest BCUT2D eigenvalue weighted by atomic mass is 35.5. The van der Waals surface area contributed by atoms with Gasteiger partial charge < -0.3 is 9.47 Å². The molecule has 0 radical (unpaired) electrons. The van der Waals surface area contributed by atoms with E-state index in [0.29, 0.717) is 17.1 Å². The third-order valence-corrected chi connectivity index (χ3v) is 5.64. The number of ether oxygens (including phenoxy) is 2. The van der Waals surface area contributed by atoms with Gasteiger partial charge in [-0.15, -0.1) is 0 Å². The van der Waals surface area contributed by atoms with Gasteiger partial charge in [0.1, 0.15) is 0 Å². The van der Waals surface area contributed by atoms with E-state index in [9.17, 15) is 9.59 Å². The lowest BCUT2D eigenvalue weighted by Crippen LogP contribution is -2.30. The lowest BCUT2D eigenvalue weighted by atomic mass is 9.93. The van der Waals surface area contributed by atoms with Crippen molar-refractivity contribution in [3.63, 3.8) is 0 Å². The molecule has 0 bridgehead atoms. The highest BCUT2D eigenvalue weighted by molar-refractivity contribution is 6.30. The topological polar surface area (TPSA) is 81.3 Å². The first-order valence-electron chi connectivity index (χ1n) is 9.09. The van der Waals surface area contributed by atoms with Crippen molar-refractivity contribution in [1.82, 2.24) is 10.2 Å². The number of nitrogens with zero attached hydrogens (tertiary/aromatic N) is 1. The van der Waals surface area contributed by atoms with Gasteiger partial charge in [0, 0.05) is 22.1 Å². The van der Waals surface area contributed by atoms with Gasteiger partial charge >= 0.3 is 11.9 Å². The molecule has 1 aliphatic carbocycles. The standard InChI is InChI=1S/C22H19ClN2O4/c1-28-20(26)22(21(27)29-2)12-16(22)17-18(13-6-4-3-5-7-13)24-25-19(17)14-8-10-15(23)11-9-14/h3-11,16H,12H2,1-2H3,(H,24,25). The van der Waals surface area contributed by atoms with Crippen LogP contribution in [0.25, 0.3) is 22.5 Å². The van der Waals surface area contributed by atoms with Gasteiger partial charge in [-0.2, -0.15) is 5.10 Å². The molecule has 1 aromatic heterocycles. The average molecular weight is 411 g/mol. The van der Waals surface area contributed by atoms with Crippen molar-refractivity contribution in [3.8, 4) is 22.5 Å². The van der Waals surface area contributed by atoms with E-state index in [1.165, 1.54) is 14.2 Å². The molecule has 2 aromatic carbocycles. The Morgan fingerprint density at radius 2 is 1.62 bits per heavy atom. The summed E-state index contributed by atoms with van der Waals surface area (Å²) in [5.41, 5.74) is 2.59. The lowest BCUT2D eigenvalue weighted by Gasteiger charge is -2.14. The summed E-state index contributed by atoms with van der Waals surface area (Å²) in [6.07, 6.45) is 0.298. The smallest absolute Gasteiger partial charge is 0.323 e. The molecule has 1 aliphatic rings. The molecule has 7 heteroatoms. The second-order valence-electron chi connectivity index (χ2n) is 6.95. The van der Waals surface area contributed by atoms with Gasteiger partial charge in [-0.25, -0.2) is 0 Å². The molecule has 0 saturated heterocycles. The molecule has 1 heterocycles. The van der Waals surface area contributed by atoms with Crippen LogP contribution in [0.3, 0.4) is 0 Å². The van der Waals surface area contributed by atoms with Gasteiger partial charge in [0.25, 0.3) is 0 Å². The summed E-state index contributed by atoms with van der Waals surface area (Å²) >= 11 is 6.03. The van der Waals surface area contributed by atoms with Crippen LogP contribution in [0.2, 0.25) is 5.02 Å². The van der Waals surface area contributed by atoms with Gasteiger partial charge in [-0.3, -0.25) is 14.7 Å². The molecule has 0 spiro atoms. The van der Waals surface area contributed by atoms with Crippen molar-refractivity contribution in [2.75, 3.05) is 14.2 Å². The third kappa shape index (κ3) is 3.09. The number of H-pyrrole nitrogens is 1. The molecular formula is C22H19ClN2O4. The number of halogens is 1. The molecule has 1 atom stereocenters. The minimum Gasteiger partial charge on any atom is -0.468 e. The number of carbonyl (C=O) groups excluding carboxylic acids is 2. The Morgan fingerprint density at radius 1 is 1.00 bits per heavy atom. The highest BCUT2D eigenvalue weighted by Crippen LogP contribution is 2.63. The van der Waals surface area contributed by atoms with Gasteiger partial charge in [0.2, 0.25) is 0 Å². The van der Waals surface area contributed by atoms with Crippen LogP contribution in [-0.2, 0) is 19.1 Å². The number of nitrogens with one attached hydrogen (secondary N) is 1. The van der Waals surface area contributed by atoms with E-state index in [1.54, 1.807) is 12.1 Å². The van der Waals surface area contributed by atoms with E-state index >= 15 is 0 Å². The number of rotatable bonds is 5. The first-order valence-corrected chi connectivity index (χ1v) is 9.47. The summed E-state index contributed by atoms with van der Waals surface area (Å²) < 4.78 is 9.90. The molecule has 0 aliphatic heterocycles. The number of aromatic amines is 1. The van der Waals surface area contributed by atoms with Gasteiger partial charge in [-0.05, 0) is 24.1 Å². The van der Waals surface area contributed by atoms with Gasteiger partial charge in [0.15, 0.2) is 5.41 Å². The van der Waals surface area contributed by atoms with Crippen LogP contribution >= 0.6 is 11.6 Å². The second-order valence-corrected chi connectivity index (χ2v) is 7.38. The van der Waals surface area contributed by atoms with Crippen molar-refractivity contribution in [2.24, 2.45) is 5.41 Å². The minimum absolute atomic E-state index is 0.298. The highest BCUT2D eigenvalue weighted by Gasteiger charge is 2.69. The van der Waals surface area contributed by atoms with E-state index in [4.69, 9.17) is 21.1 Å². The first-order chi connectivity index (χ1) is 14.0. The predicted octanol–water partition coefficient (Wildman–Crippen LogP) is 4.22. The zero-order chi connectivity index (χ0) is 20.6. The van der Waals surface area contributed by atoms with E-state index in [2.05, 4.69) is 10.2 Å². The fourth-order valence-electron chi connectivity index (χ4n) is 3.85. The van der Waals surface area contributed by atoms with E-state index < -0.39 is 23.3 Å². The van der Waals surface area contributed by atoms with Crippen LogP contribution in [0, 0.1) is 5.41 Å². The maximum absolute atomic E-state index is 12.6. The lowest BCUT2D eigenvalue weighted by molar-refractivity contribution is -0.161. The summed E-state index contributed by atoms with van der Waals surface area (Å²) in [5, 5.41) is 8.22. The van der Waals surface area contributed by atoms with Gasteiger partial charge in [0.05, 0.1) is 25.6 Å². The molecule has 4 rings (SSSR count). The maximum Gasteiger partial charge on any atom is 0.323 e. The normalized spacial score (nSPS) is 16.9. The Labute approximate surface area is 172 Å². The third-order valence-electron chi connectivity index (χ3n) is 5.39. The summed E-state index contributed by atoms with van der Waals surface area (Å²) in [4.78, 5) is 25.1. The van der Waals surface area contributed by atoms with Crippen molar-refractivity contribution < 1.29 is 19.1 Å². The van der Waals surface area contributed by atoms with Crippen LogP contribution in [0.15, 0.2) is 54.6 Å². The quantitative estimate of drug-likeness (QED) is 0.503. The molecule has 1 saturated carbocycles. The summed E-state index contributed by atoms with van der Waals surface area (Å²) in [5.74, 6) is -1.62. The zero-order valence-corrected chi connectivity index (χ0v) is 16.7. The summed E-state index contributed by atoms with van der Waals surface area (Å²) in [6, 6.07) is 16.9. The molecule has 148 valence electrons. The number of hydrogen-bond donors (Lipinski definition) is 1. The second kappa shape index (κ2) is 7.37. The average Bonchev–Trinajstić information content (AvgIpc) is 3.36. The summed E-state index contributed by atoms with van der Waals surface area (Å²) in [7, 11) is 2.55. The molecule has 0 amide bonds. The van der Waals surface area contributed by atoms with Crippen molar-refractivity contribution in [3.05, 3.63) is 65.2 Å². The van der Waals surface area contributed by atoms with Crippen LogP contribution in [-0.4, -0.2) is 36.4 Å². The Balaban J connectivity index is 1.89. The van der Waals surface area contributed by atoms with Gasteiger partial charge in [-0.1, -0.05) is 54.1 Å². The maximum atomic E-state index is 12.6. The minimum atomic E-state index is -1.36. The largest absolute Gasteiger partial charge is 0.468 e. The molecule has 3 aromatic rings. The molecule has 1 fully saturated rings. The summed E-state index contributed by atoms with van der Waals surface area (Å²) in [6.45, 7) is 0. The van der Waals surface area contributed by atoms with Crippen molar-refractivity contribution in [2.45, 2.75) is 12.3 Å². The van der Waals surface area contributed by atoms with Crippen molar-refractivity contribution in [1.29, 1.82) is 0 Å². The fraction of sp³-hybridized carbons (Fsp3) is 0.227. The van der Waals surface area contributed by atoms with E-state index in [1.807, 2.05) is 42.5 Å². The molecule has 1 unspecified atom stereocenters. The number of benzene rings is 2. The number of esters is 2. The van der Waals surface area contributed by atoms with Crippen LogP contribution in [0.1, 0.15) is 17.9 Å². The Hall–Kier alpha value is -3.12. The number of carbonyl (C=O) groups is 2. The predicted molar refractivity (Wildman–Crippen MR) is 108 cm³/mol. The number of methoxy groups -OCH3 is 2. The number of hydrogen-bond acceptors (Lipinski definition) is 5. The molecular weight excluding hydrogens is 392 g/mol. The van der Waals surface area contributed by atoms with E-state index in [-0.39, 0.29) is 0 Å². The van der Waals surface area contributed by atoms with Crippen LogP contribution in [0.4, 0.5) is 0 Å². The monoisotopic (exact) mass is 410 g/mol. The van der Waals surface area contributed by atoms with Crippen LogP contribution in [0.5, 0.6) is 0 Å². The van der Waals surface area contributed by atoms with Crippen molar-refractivity contribution >= 4 is 23.5 Å². The van der Waals surface area contributed by atoms with Crippen LogP contribution < -0.4 is 0 Å².